The summed E-state index contributed by atoms with van der Waals surface area (Å²) in [6.07, 6.45) is 2.64. The van der Waals surface area contributed by atoms with Crippen LogP contribution < -0.4 is 9.47 Å². The van der Waals surface area contributed by atoms with Gasteiger partial charge in [-0.05, 0) is 24.3 Å². The fourth-order valence-corrected chi connectivity index (χ4v) is 1.56. The summed E-state index contributed by atoms with van der Waals surface area (Å²) in [6.45, 7) is 0. The number of phenols is 1. The number of aromatic hydroxyl groups is 1. The molecule has 2 aromatic rings. The summed E-state index contributed by atoms with van der Waals surface area (Å²) in [5, 5.41) is 13.3. The predicted molar refractivity (Wildman–Crippen MR) is 72.9 cm³/mol. The van der Waals surface area contributed by atoms with Gasteiger partial charge in [0.15, 0.2) is 11.5 Å². The summed E-state index contributed by atoms with van der Waals surface area (Å²) in [5.74, 6) is -0.354. The van der Waals surface area contributed by atoms with E-state index in [1.165, 1.54) is 44.9 Å². The van der Waals surface area contributed by atoms with E-state index in [2.05, 4.69) is 9.99 Å². The summed E-state index contributed by atoms with van der Waals surface area (Å²) in [4.78, 5) is 16.1. The minimum absolute atomic E-state index is 0.0491. The highest BCUT2D eigenvalue weighted by atomic mass is 16.7. The number of ether oxygens (including phenoxy) is 2. The van der Waals surface area contributed by atoms with Crippen molar-refractivity contribution in [1.29, 1.82) is 0 Å². The Balaban J connectivity index is 2.12. The summed E-state index contributed by atoms with van der Waals surface area (Å²) in [6, 6.07) is 6.06. The standard InChI is InChI=1S/C14H13NO6/c1-18-11-6-9(7-12(19-2)13(11)16)8-15-21-14(17)10-4-3-5-20-10/h3-8,16H,1-2H3/b15-8+. The monoisotopic (exact) mass is 291 g/mol. The molecule has 0 aliphatic carbocycles. The van der Waals surface area contributed by atoms with Gasteiger partial charge in [-0.15, -0.1) is 0 Å². The molecule has 7 heteroatoms. The average Bonchev–Trinajstić information content (AvgIpc) is 3.02. The zero-order chi connectivity index (χ0) is 15.2. The van der Waals surface area contributed by atoms with Crippen molar-refractivity contribution in [2.75, 3.05) is 14.2 Å². The first-order valence-electron chi connectivity index (χ1n) is 5.89. The zero-order valence-electron chi connectivity index (χ0n) is 11.4. The van der Waals surface area contributed by atoms with E-state index >= 15 is 0 Å². The maximum Gasteiger partial charge on any atom is 0.400 e. The van der Waals surface area contributed by atoms with Crippen molar-refractivity contribution in [1.82, 2.24) is 0 Å². The number of furan rings is 1. The molecule has 0 saturated heterocycles. The molecule has 0 aliphatic rings. The van der Waals surface area contributed by atoms with Crippen LogP contribution in [-0.2, 0) is 4.84 Å². The first-order valence-corrected chi connectivity index (χ1v) is 5.89. The number of hydrogen-bond donors (Lipinski definition) is 1. The maximum absolute atomic E-state index is 11.5. The van der Waals surface area contributed by atoms with Crippen molar-refractivity contribution in [2.24, 2.45) is 5.16 Å². The summed E-state index contributed by atoms with van der Waals surface area (Å²) >= 11 is 0. The van der Waals surface area contributed by atoms with E-state index in [-0.39, 0.29) is 23.0 Å². The lowest BCUT2D eigenvalue weighted by atomic mass is 10.2. The molecular formula is C14H13NO6. The van der Waals surface area contributed by atoms with Crippen molar-refractivity contribution < 1.29 is 28.6 Å². The number of carbonyl (C=O) groups excluding carboxylic acids is 1. The third-order valence-corrected chi connectivity index (χ3v) is 2.56. The Morgan fingerprint density at radius 3 is 2.48 bits per heavy atom. The molecule has 110 valence electrons. The van der Waals surface area contributed by atoms with Crippen LogP contribution in [-0.4, -0.2) is 31.5 Å². The van der Waals surface area contributed by atoms with Gasteiger partial charge in [0.1, 0.15) is 0 Å². The highest BCUT2D eigenvalue weighted by Crippen LogP contribution is 2.36. The van der Waals surface area contributed by atoms with Gasteiger partial charge in [-0.25, -0.2) is 4.79 Å². The Labute approximate surface area is 120 Å². The second-order valence-corrected chi connectivity index (χ2v) is 3.86. The van der Waals surface area contributed by atoms with Crippen LogP contribution in [0.3, 0.4) is 0 Å². The highest BCUT2D eigenvalue weighted by molar-refractivity contribution is 5.87. The molecule has 7 nitrogen and oxygen atoms in total. The van der Waals surface area contributed by atoms with E-state index in [0.717, 1.165) is 0 Å². The lowest BCUT2D eigenvalue weighted by molar-refractivity contribution is 0.0483. The Kier molecular flexibility index (Phi) is 4.45. The smallest absolute Gasteiger partial charge is 0.400 e. The minimum atomic E-state index is -0.714. The molecule has 21 heavy (non-hydrogen) atoms. The van der Waals surface area contributed by atoms with E-state index in [4.69, 9.17) is 13.9 Å². The molecule has 1 N–H and O–H groups in total. The van der Waals surface area contributed by atoms with Crippen LogP contribution in [0.4, 0.5) is 0 Å². The van der Waals surface area contributed by atoms with Crippen LogP contribution in [0.1, 0.15) is 16.1 Å². The van der Waals surface area contributed by atoms with Crippen LogP contribution in [0, 0.1) is 0 Å². The highest BCUT2D eigenvalue weighted by Gasteiger charge is 2.11. The van der Waals surface area contributed by atoms with Crippen molar-refractivity contribution in [3.8, 4) is 17.2 Å². The van der Waals surface area contributed by atoms with E-state index in [1.54, 1.807) is 6.07 Å². The molecule has 0 fully saturated rings. The number of hydrogen-bond acceptors (Lipinski definition) is 7. The Morgan fingerprint density at radius 1 is 1.29 bits per heavy atom. The van der Waals surface area contributed by atoms with Crippen LogP contribution >= 0.6 is 0 Å². The fraction of sp³-hybridized carbons (Fsp3) is 0.143. The topological polar surface area (TPSA) is 90.5 Å². The molecule has 0 spiro atoms. The van der Waals surface area contributed by atoms with Gasteiger partial charge in [-0.3, -0.25) is 0 Å². The molecule has 0 atom stereocenters. The molecule has 2 rings (SSSR count). The van der Waals surface area contributed by atoms with Crippen molar-refractivity contribution in [2.45, 2.75) is 0 Å². The average molecular weight is 291 g/mol. The summed E-state index contributed by atoms with van der Waals surface area (Å²) in [5.41, 5.74) is 0.522. The number of phenolic OH excluding ortho intramolecular Hbond substituents is 1. The third kappa shape index (κ3) is 3.33. The number of benzene rings is 1. The number of rotatable bonds is 5. The van der Waals surface area contributed by atoms with Crippen LogP contribution in [0.2, 0.25) is 0 Å². The molecule has 0 radical (unpaired) electrons. The SMILES string of the molecule is COc1cc(/C=N/OC(=O)c2ccco2)cc(OC)c1O. The van der Waals surface area contributed by atoms with Gasteiger partial charge in [-0.1, -0.05) is 5.16 Å². The van der Waals surface area contributed by atoms with E-state index in [1.807, 2.05) is 0 Å². The number of oxime groups is 1. The Morgan fingerprint density at radius 2 is 1.95 bits per heavy atom. The number of nitrogens with zero attached hydrogens (tertiary/aromatic N) is 1. The number of carbonyl (C=O) groups is 1. The van der Waals surface area contributed by atoms with Gasteiger partial charge < -0.3 is 23.8 Å². The Hall–Kier alpha value is -2.96. The summed E-state index contributed by atoms with van der Waals surface area (Å²) in [7, 11) is 2.82. The van der Waals surface area contributed by atoms with Crippen molar-refractivity contribution >= 4 is 12.2 Å². The molecule has 1 aromatic carbocycles. The normalized spacial score (nSPS) is 10.6. The molecular weight excluding hydrogens is 278 g/mol. The van der Waals surface area contributed by atoms with E-state index in [0.29, 0.717) is 5.56 Å². The predicted octanol–water partition coefficient (Wildman–Crippen LogP) is 2.19. The van der Waals surface area contributed by atoms with Gasteiger partial charge >= 0.3 is 5.97 Å². The molecule has 0 saturated carbocycles. The largest absolute Gasteiger partial charge is 0.502 e. The fourth-order valence-electron chi connectivity index (χ4n) is 1.56. The maximum atomic E-state index is 11.5. The van der Waals surface area contributed by atoms with Crippen LogP contribution in [0.25, 0.3) is 0 Å². The quantitative estimate of drug-likeness (QED) is 0.516. The second kappa shape index (κ2) is 6.47. The zero-order valence-corrected chi connectivity index (χ0v) is 11.4. The van der Waals surface area contributed by atoms with Gasteiger partial charge in [0.25, 0.3) is 0 Å². The lowest BCUT2D eigenvalue weighted by Gasteiger charge is -2.08. The van der Waals surface area contributed by atoms with Crippen molar-refractivity contribution in [3.05, 3.63) is 41.9 Å². The molecule has 1 heterocycles. The van der Waals surface area contributed by atoms with Gasteiger partial charge in [0, 0.05) is 5.56 Å². The molecule has 1 aromatic heterocycles. The second-order valence-electron chi connectivity index (χ2n) is 3.86. The molecule has 0 unspecified atom stereocenters. The Bertz CT molecular complexity index is 622. The summed E-state index contributed by atoms with van der Waals surface area (Å²) < 4.78 is 14.9. The first-order chi connectivity index (χ1) is 10.2. The minimum Gasteiger partial charge on any atom is -0.502 e. The van der Waals surface area contributed by atoms with Crippen molar-refractivity contribution in [3.63, 3.8) is 0 Å². The molecule has 0 amide bonds. The third-order valence-electron chi connectivity index (χ3n) is 2.56. The molecule has 0 bridgehead atoms. The van der Waals surface area contributed by atoms with Gasteiger partial charge in [-0.2, -0.15) is 0 Å². The van der Waals surface area contributed by atoms with Crippen LogP contribution in [0.5, 0.6) is 17.2 Å². The van der Waals surface area contributed by atoms with Gasteiger partial charge in [0.05, 0.1) is 26.7 Å². The molecule has 0 aliphatic heterocycles. The first kappa shape index (κ1) is 14.4. The van der Waals surface area contributed by atoms with E-state index in [9.17, 15) is 9.90 Å². The van der Waals surface area contributed by atoms with Gasteiger partial charge in [0.2, 0.25) is 11.5 Å². The van der Waals surface area contributed by atoms with Crippen LogP contribution in [0.15, 0.2) is 40.1 Å². The van der Waals surface area contributed by atoms with E-state index < -0.39 is 5.97 Å². The lowest BCUT2D eigenvalue weighted by Crippen LogP contribution is -1.99. The number of methoxy groups -OCH3 is 2.